The van der Waals surface area contributed by atoms with Crippen LogP contribution in [0.15, 0.2) is 47.4 Å². The van der Waals surface area contributed by atoms with Crippen molar-refractivity contribution in [3.05, 3.63) is 59.4 Å². The van der Waals surface area contributed by atoms with E-state index in [-0.39, 0.29) is 23.4 Å². The van der Waals surface area contributed by atoms with Crippen LogP contribution in [-0.2, 0) is 16.1 Å². The lowest BCUT2D eigenvalue weighted by molar-refractivity contribution is -0.120. The molecule has 8 heteroatoms. The molecule has 29 heavy (non-hydrogen) atoms. The van der Waals surface area contributed by atoms with Crippen LogP contribution in [0.25, 0.3) is 0 Å². The van der Waals surface area contributed by atoms with Crippen molar-refractivity contribution in [1.29, 1.82) is 0 Å². The maximum absolute atomic E-state index is 14.0. The molecule has 2 aromatic rings. The van der Waals surface area contributed by atoms with Crippen molar-refractivity contribution in [2.45, 2.75) is 18.4 Å². The van der Waals surface area contributed by atoms with Gasteiger partial charge in [-0.05, 0) is 36.8 Å². The van der Waals surface area contributed by atoms with Crippen molar-refractivity contribution in [3.63, 3.8) is 0 Å². The number of nitrogens with zero attached hydrogens (tertiary/aromatic N) is 1. The molecule has 1 heterocycles. The van der Waals surface area contributed by atoms with Gasteiger partial charge in [0.1, 0.15) is 5.82 Å². The summed E-state index contributed by atoms with van der Waals surface area (Å²) in [6, 6.07) is 11.9. The Morgan fingerprint density at radius 2 is 1.97 bits per heavy atom. The van der Waals surface area contributed by atoms with Gasteiger partial charge < -0.3 is 15.5 Å². The monoisotopic (exact) mass is 415 g/mol. The van der Waals surface area contributed by atoms with E-state index in [4.69, 9.17) is 0 Å². The van der Waals surface area contributed by atoms with Crippen LogP contribution in [0.5, 0.6) is 0 Å². The fraction of sp³-hybridized carbons (Fsp3) is 0.286. The van der Waals surface area contributed by atoms with E-state index in [0.717, 1.165) is 29.6 Å². The molecule has 3 rings (SSSR count). The molecule has 1 aliphatic heterocycles. The van der Waals surface area contributed by atoms with Gasteiger partial charge in [-0.25, -0.2) is 4.39 Å². The van der Waals surface area contributed by atoms with E-state index in [9.17, 15) is 18.8 Å². The number of carbonyl (C=O) groups excluding carboxylic acids is 3. The number of amides is 2. The van der Waals surface area contributed by atoms with Crippen LogP contribution in [0.3, 0.4) is 0 Å². The highest BCUT2D eigenvalue weighted by Crippen LogP contribution is 2.23. The fourth-order valence-corrected chi connectivity index (χ4v) is 3.67. The second-order valence-electron chi connectivity index (χ2n) is 6.70. The Hall–Kier alpha value is -2.87. The van der Waals surface area contributed by atoms with E-state index in [1.807, 2.05) is 29.2 Å². The van der Waals surface area contributed by atoms with Gasteiger partial charge in [-0.15, -0.1) is 11.8 Å². The van der Waals surface area contributed by atoms with Gasteiger partial charge in [0.25, 0.3) is 0 Å². The lowest BCUT2D eigenvalue weighted by Crippen LogP contribution is -2.47. The minimum Gasteiger partial charge on any atom is -0.360 e. The van der Waals surface area contributed by atoms with Gasteiger partial charge in [0.15, 0.2) is 5.78 Å². The fourth-order valence-electron chi connectivity index (χ4n) is 2.92. The molecule has 0 aliphatic carbocycles. The first kappa shape index (κ1) is 20.9. The number of rotatable bonds is 7. The van der Waals surface area contributed by atoms with Crippen molar-refractivity contribution in [3.8, 4) is 0 Å². The third-order valence-electron chi connectivity index (χ3n) is 4.53. The second-order valence-corrected chi connectivity index (χ2v) is 7.72. The number of nitrogens with one attached hydrogen (secondary N) is 2. The molecule has 0 bridgehead atoms. The third-order valence-corrected chi connectivity index (χ3v) is 5.58. The van der Waals surface area contributed by atoms with Crippen molar-refractivity contribution < 1.29 is 18.8 Å². The van der Waals surface area contributed by atoms with E-state index in [1.165, 1.54) is 19.1 Å². The summed E-state index contributed by atoms with van der Waals surface area (Å²) in [5.41, 5.74) is 2.21. The molecule has 1 saturated heterocycles. The number of piperazine rings is 1. The normalized spacial score (nSPS) is 13.7. The zero-order valence-corrected chi connectivity index (χ0v) is 16.9. The topological polar surface area (TPSA) is 78.5 Å². The van der Waals surface area contributed by atoms with Crippen molar-refractivity contribution in [2.24, 2.45) is 0 Å². The zero-order chi connectivity index (χ0) is 20.8. The minimum absolute atomic E-state index is 0.0115. The molecular formula is C21H22FN3O3S. The number of Topliss-reactive ketones (excluding diaryl/α,β-unsaturated/α-hetero) is 1. The Labute approximate surface area is 172 Å². The summed E-state index contributed by atoms with van der Waals surface area (Å²) < 4.78 is 14.0. The van der Waals surface area contributed by atoms with Crippen LogP contribution < -0.4 is 15.5 Å². The Balaban J connectivity index is 1.47. The van der Waals surface area contributed by atoms with E-state index < -0.39 is 5.82 Å². The highest BCUT2D eigenvalue weighted by atomic mass is 32.2. The van der Waals surface area contributed by atoms with E-state index >= 15 is 0 Å². The number of thioether (sulfide) groups is 1. The maximum atomic E-state index is 14.0. The van der Waals surface area contributed by atoms with Gasteiger partial charge in [0.05, 0.1) is 12.3 Å². The number of anilines is 1. The van der Waals surface area contributed by atoms with Gasteiger partial charge in [0.2, 0.25) is 11.8 Å². The molecule has 1 fully saturated rings. The quantitative estimate of drug-likeness (QED) is 0.536. The number of benzene rings is 2. The predicted octanol–water partition coefficient (Wildman–Crippen LogP) is 2.37. The number of hydrogen-bond donors (Lipinski definition) is 2. The average Bonchev–Trinajstić information content (AvgIpc) is 2.71. The van der Waals surface area contributed by atoms with E-state index in [2.05, 4.69) is 10.6 Å². The van der Waals surface area contributed by atoms with Gasteiger partial charge in [-0.3, -0.25) is 14.4 Å². The van der Waals surface area contributed by atoms with E-state index in [0.29, 0.717) is 30.1 Å². The van der Waals surface area contributed by atoms with Crippen molar-refractivity contribution in [2.75, 3.05) is 30.3 Å². The molecule has 2 N–H and O–H groups in total. The Bertz CT molecular complexity index is 918. The SMILES string of the molecule is CC(=O)c1ccc(SCC(=O)NCc2ccc(N3CCNC(=O)C3)cc2)c(F)c1. The molecule has 0 saturated carbocycles. The summed E-state index contributed by atoms with van der Waals surface area (Å²) in [5, 5.41) is 5.60. The summed E-state index contributed by atoms with van der Waals surface area (Å²) in [6.45, 7) is 3.49. The molecule has 0 atom stereocenters. The number of hydrogen-bond acceptors (Lipinski definition) is 5. The third kappa shape index (κ3) is 5.80. The maximum Gasteiger partial charge on any atom is 0.239 e. The van der Waals surface area contributed by atoms with Crippen LogP contribution >= 0.6 is 11.8 Å². The number of carbonyl (C=O) groups is 3. The van der Waals surface area contributed by atoms with Crippen molar-refractivity contribution >= 4 is 35.0 Å². The summed E-state index contributed by atoms with van der Waals surface area (Å²) in [4.78, 5) is 37.1. The van der Waals surface area contributed by atoms with Crippen LogP contribution in [-0.4, -0.2) is 43.0 Å². The Morgan fingerprint density at radius 3 is 2.62 bits per heavy atom. The molecule has 1 aliphatic rings. The average molecular weight is 415 g/mol. The Morgan fingerprint density at radius 1 is 1.21 bits per heavy atom. The smallest absolute Gasteiger partial charge is 0.239 e. The first-order valence-corrected chi connectivity index (χ1v) is 10.2. The highest BCUT2D eigenvalue weighted by molar-refractivity contribution is 8.00. The van der Waals surface area contributed by atoms with Gasteiger partial charge in [-0.1, -0.05) is 18.2 Å². The lowest BCUT2D eigenvalue weighted by Gasteiger charge is -2.28. The summed E-state index contributed by atoms with van der Waals surface area (Å²) in [7, 11) is 0. The highest BCUT2D eigenvalue weighted by Gasteiger charge is 2.16. The lowest BCUT2D eigenvalue weighted by atomic mass is 10.1. The summed E-state index contributed by atoms with van der Waals surface area (Å²) >= 11 is 1.09. The molecule has 2 aromatic carbocycles. The molecule has 152 valence electrons. The van der Waals surface area contributed by atoms with Crippen molar-refractivity contribution in [1.82, 2.24) is 10.6 Å². The van der Waals surface area contributed by atoms with Gasteiger partial charge >= 0.3 is 0 Å². The van der Waals surface area contributed by atoms with Crippen LogP contribution in [0, 0.1) is 5.82 Å². The molecule has 2 amide bonds. The number of ketones is 1. The standard InChI is InChI=1S/C21H22FN3O3S/c1-14(26)16-4-7-19(18(22)10-16)29-13-21(28)24-11-15-2-5-17(6-3-15)25-9-8-23-20(27)12-25/h2-7,10H,8-9,11-13H2,1H3,(H,23,27)(H,24,28). The second kappa shape index (κ2) is 9.56. The molecule has 0 radical (unpaired) electrons. The minimum atomic E-state index is -0.502. The van der Waals surface area contributed by atoms with Gasteiger partial charge in [-0.2, -0.15) is 0 Å². The zero-order valence-electron chi connectivity index (χ0n) is 16.0. The number of halogens is 1. The van der Waals surface area contributed by atoms with E-state index in [1.54, 1.807) is 6.07 Å². The molecule has 0 spiro atoms. The Kier molecular flexibility index (Phi) is 6.87. The molecule has 0 unspecified atom stereocenters. The van der Waals surface area contributed by atoms with Gasteiger partial charge in [0, 0.05) is 35.8 Å². The largest absolute Gasteiger partial charge is 0.360 e. The van der Waals surface area contributed by atoms with Crippen LogP contribution in [0.2, 0.25) is 0 Å². The summed E-state index contributed by atoms with van der Waals surface area (Å²) in [6.07, 6.45) is 0. The summed E-state index contributed by atoms with van der Waals surface area (Å²) in [5.74, 6) is -0.818. The van der Waals surface area contributed by atoms with Crippen LogP contribution in [0.4, 0.5) is 10.1 Å². The predicted molar refractivity (Wildman–Crippen MR) is 111 cm³/mol. The first-order valence-electron chi connectivity index (χ1n) is 9.23. The molecular weight excluding hydrogens is 393 g/mol. The first-order chi connectivity index (χ1) is 13.9. The molecule has 0 aromatic heterocycles. The van der Waals surface area contributed by atoms with Crippen LogP contribution in [0.1, 0.15) is 22.8 Å². The molecule has 6 nitrogen and oxygen atoms in total.